The number of rotatable bonds is 3. The monoisotopic (exact) mass is 252 g/mol. The molecule has 1 aromatic rings. The number of carbonyl (C=O) groups excluding carboxylic acids is 1. The number of aliphatic hydroxyl groups excluding tert-OH is 1. The molecular formula is C13H20N2O3. The summed E-state index contributed by atoms with van der Waals surface area (Å²) >= 11 is 0. The lowest BCUT2D eigenvalue weighted by Gasteiger charge is -2.19. The smallest absolute Gasteiger partial charge is 0.412 e. The van der Waals surface area contributed by atoms with Gasteiger partial charge in [-0.3, -0.25) is 5.32 Å². The van der Waals surface area contributed by atoms with Gasteiger partial charge in [0.1, 0.15) is 5.60 Å². The average Bonchev–Trinajstić information content (AvgIpc) is 2.26. The lowest BCUT2D eigenvalue weighted by molar-refractivity contribution is 0.0636. The zero-order chi connectivity index (χ0) is 13.8. The maximum Gasteiger partial charge on any atom is 0.412 e. The van der Waals surface area contributed by atoms with Crippen molar-refractivity contribution < 1.29 is 14.6 Å². The Kier molecular flexibility index (Phi) is 4.69. The maximum absolute atomic E-state index is 11.5. The van der Waals surface area contributed by atoms with Gasteiger partial charge in [0.15, 0.2) is 0 Å². The van der Waals surface area contributed by atoms with Crippen molar-refractivity contribution in [3.63, 3.8) is 0 Å². The molecule has 0 unspecified atom stereocenters. The number of hydrogen-bond acceptors (Lipinski definition) is 4. The van der Waals surface area contributed by atoms with Crippen LogP contribution in [0.25, 0.3) is 0 Å². The Balaban J connectivity index is 2.61. The molecule has 0 aromatic heterocycles. The predicted molar refractivity (Wildman–Crippen MR) is 70.3 cm³/mol. The first-order chi connectivity index (χ1) is 8.31. The molecule has 1 rings (SSSR count). The van der Waals surface area contributed by atoms with Crippen molar-refractivity contribution in [2.45, 2.75) is 32.5 Å². The molecule has 1 amide bonds. The molecule has 18 heavy (non-hydrogen) atoms. The zero-order valence-corrected chi connectivity index (χ0v) is 10.9. The average molecular weight is 252 g/mol. The molecule has 5 heteroatoms. The topological polar surface area (TPSA) is 84.6 Å². The van der Waals surface area contributed by atoms with Crippen LogP contribution in [0.1, 0.15) is 32.4 Å². The molecule has 0 aliphatic rings. The van der Waals surface area contributed by atoms with Gasteiger partial charge in [-0.1, -0.05) is 12.1 Å². The Bertz CT molecular complexity index is 396. The second-order valence-electron chi connectivity index (χ2n) is 5.00. The number of carbonyl (C=O) groups is 1. The molecule has 0 aliphatic heterocycles. The van der Waals surface area contributed by atoms with Gasteiger partial charge < -0.3 is 15.6 Å². The summed E-state index contributed by atoms with van der Waals surface area (Å²) in [7, 11) is 0. The normalized spacial score (nSPS) is 12.9. The Labute approximate surface area is 107 Å². The summed E-state index contributed by atoms with van der Waals surface area (Å²) < 4.78 is 5.12. The summed E-state index contributed by atoms with van der Waals surface area (Å²) in [5.41, 5.74) is 6.15. The van der Waals surface area contributed by atoms with Crippen molar-refractivity contribution in [1.29, 1.82) is 0 Å². The van der Waals surface area contributed by atoms with Gasteiger partial charge in [-0.15, -0.1) is 0 Å². The summed E-state index contributed by atoms with van der Waals surface area (Å²) in [5.74, 6) is 0. The number of nitrogens with two attached hydrogens (primary N) is 1. The van der Waals surface area contributed by atoms with E-state index < -0.39 is 17.8 Å². The third kappa shape index (κ3) is 4.73. The SMILES string of the molecule is CC(C)(C)OC(=O)Nc1ccc([C@@H](O)CN)cc1. The fraction of sp³-hybridized carbons (Fsp3) is 0.462. The van der Waals surface area contributed by atoms with Gasteiger partial charge in [0.05, 0.1) is 6.10 Å². The summed E-state index contributed by atoms with van der Waals surface area (Å²) in [6, 6.07) is 6.81. The quantitative estimate of drug-likeness (QED) is 0.768. The molecule has 0 spiro atoms. The van der Waals surface area contributed by atoms with E-state index >= 15 is 0 Å². The second-order valence-corrected chi connectivity index (χ2v) is 5.00. The molecule has 0 saturated heterocycles. The van der Waals surface area contributed by atoms with Crippen LogP contribution in [0.2, 0.25) is 0 Å². The summed E-state index contributed by atoms with van der Waals surface area (Å²) in [6.45, 7) is 5.56. The van der Waals surface area contributed by atoms with E-state index in [0.717, 1.165) is 0 Å². The van der Waals surface area contributed by atoms with E-state index in [1.165, 1.54) is 0 Å². The van der Waals surface area contributed by atoms with Crippen molar-refractivity contribution in [1.82, 2.24) is 0 Å². The van der Waals surface area contributed by atoms with Crippen LogP contribution < -0.4 is 11.1 Å². The molecule has 1 aromatic carbocycles. The van der Waals surface area contributed by atoms with Crippen LogP contribution in [0.5, 0.6) is 0 Å². The van der Waals surface area contributed by atoms with E-state index in [-0.39, 0.29) is 6.54 Å². The van der Waals surface area contributed by atoms with Crippen molar-refractivity contribution in [3.8, 4) is 0 Å². The molecule has 0 bridgehead atoms. The largest absolute Gasteiger partial charge is 0.444 e. The maximum atomic E-state index is 11.5. The fourth-order valence-electron chi connectivity index (χ4n) is 1.35. The van der Waals surface area contributed by atoms with E-state index in [2.05, 4.69) is 5.32 Å². The van der Waals surface area contributed by atoms with Gasteiger partial charge in [0.25, 0.3) is 0 Å². The summed E-state index contributed by atoms with van der Waals surface area (Å²) in [6.07, 6.45) is -1.19. The third-order valence-electron chi connectivity index (χ3n) is 2.16. The highest BCUT2D eigenvalue weighted by Crippen LogP contribution is 2.16. The molecule has 5 nitrogen and oxygen atoms in total. The summed E-state index contributed by atoms with van der Waals surface area (Å²) in [4.78, 5) is 11.5. The van der Waals surface area contributed by atoms with E-state index in [4.69, 9.17) is 10.5 Å². The first-order valence-corrected chi connectivity index (χ1v) is 5.80. The van der Waals surface area contributed by atoms with Crippen molar-refractivity contribution in [3.05, 3.63) is 29.8 Å². The Morgan fingerprint density at radius 3 is 2.39 bits per heavy atom. The predicted octanol–water partition coefficient (Wildman–Crippen LogP) is 2.03. The first-order valence-electron chi connectivity index (χ1n) is 5.80. The van der Waals surface area contributed by atoms with Gasteiger partial charge in [-0.25, -0.2) is 4.79 Å². The Morgan fingerprint density at radius 2 is 1.94 bits per heavy atom. The van der Waals surface area contributed by atoms with Crippen molar-refractivity contribution in [2.75, 3.05) is 11.9 Å². The third-order valence-corrected chi connectivity index (χ3v) is 2.16. The molecule has 0 radical (unpaired) electrons. The molecule has 0 heterocycles. The highest BCUT2D eigenvalue weighted by Gasteiger charge is 2.16. The second kappa shape index (κ2) is 5.84. The molecule has 1 atom stereocenters. The number of nitrogens with one attached hydrogen (secondary N) is 1. The highest BCUT2D eigenvalue weighted by atomic mass is 16.6. The summed E-state index contributed by atoms with van der Waals surface area (Å²) in [5, 5.41) is 12.1. The minimum absolute atomic E-state index is 0.166. The first kappa shape index (κ1) is 14.5. The Hall–Kier alpha value is -1.59. The molecule has 0 aliphatic carbocycles. The van der Waals surface area contributed by atoms with Crippen LogP contribution in [-0.2, 0) is 4.74 Å². The fourth-order valence-corrected chi connectivity index (χ4v) is 1.35. The number of hydrogen-bond donors (Lipinski definition) is 3. The molecule has 4 N–H and O–H groups in total. The van der Waals surface area contributed by atoms with Crippen LogP contribution in [0.3, 0.4) is 0 Å². The lowest BCUT2D eigenvalue weighted by Crippen LogP contribution is -2.27. The van der Waals surface area contributed by atoms with Crippen LogP contribution >= 0.6 is 0 Å². The van der Waals surface area contributed by atoms with Crippen LogP contribution in [-0.4, -0.2) is 23.3 Å². The van der Waals surface area contributed by atoms with Crippen LogP contribution in [0.15, 0.2) is 24.3 Å². The molecule has 100 valence electrons. The standard InChI is InChI=1S/C13H20N2O3/c1-13(2,3)18-12(17)15-10-6-4-9(5-7-10)11(16)8-14/h4-7,11,16H,8,14H2,1-3H3,(H,15,17)/t11-/m0/s1. The van der Waals surface area contributed by atoms with E-state index in [1.807, 2.05) is 0 Å². The molecule has 0 fully saturated rings. The van der Waals surface area contributed by atoms with E-state index in [1.54, 1.807) is 45.0 Å². The lowest BCUT2D eigenvalue weighted by atomic mass is 10.1. The van der Waals surface area contributed by atoms with Gasteiger partial charge in [0.2, 0.25) is 0 Å². The highest BCUT2D eigenvalue weighted by molar-refractivity contribution is 5.84. The number of ether oxygens (including phenoxy) is 1. The molecule has 0 saturated carbocycles. The van der Waals surface area contributed by atoms with Gasteiger partial charge in [0, 0.05) is 12.2 Å². The van der Waals surface area contributed by atoms with E-state index in [0.29, 0.717) is 11.3 Å². The van der Waals surface area contributed by atoms with Crippen molar-refractivity contribution in [2.24, 2.45) is 5.73 Å². The number of anilines is 1. The zero-order valence-electron chi connectivity index (χ0n) is 10.9. The van der Waals surface area contributed by atoms with Gasteiger partial charge >= 0.3 is 6.09 Å². The Morgan fingerprint density at radius 1 is 1.39 bits per heavy atom. The number of benzene rings is 1. The van der Waals surface area contributed by atoms with Crippen LogP contribution in [0, 0.1) is 0 Å². The van der Waals surface area contributed by atoms with Crippen molar-refractivity contribution >= 4 is 11.8 Å². The van der Waals surface area contributed by atoms with E-state index in [9.17, 15) is 9.90 Å². The van der Waals surface area contributed by atoms with Gasteiger partial charge in [-0.05, 0) is 38.5 Å². The number of aliphatic hydroxyl groups is 1. The minimum atomic E-state index is -0.680. The molecular weight excluding hydrogens is 232 g/mol. The van der Waals surface area contributed by atoms with Gasteiger partial charge in [-0.2, -0.15) is 0 Å². The van der Waals surface area contributed by atoms with Crippen LogP contribution in [0.4, 0.5) is 10.5 Å². The minimum Gasteiger partial charge on any atom is -0.444 e. The number of amides is 1.